The van der Waals surface area contributed by atoms with E-state index in [1.165, 1.54) is 0 Å². The van der Waals surface area contributed by atoms with Crippen LogP contribution in [0.15, 0.2) is 0 Å². The lowest BCUT2D eigenvalue weighted by Gasteiger charge is -2.11. The predicted molar refractivity (Wildman–Crippen MR) is 49.2 cm³/mol. The Hall–Kier alpha value is -0.290. The Morgan fingerprint density at radius 3 is 2.50 bits per heavy atom. The number of nitrogens with one attached hydrogen (secondary N) is 1. The van der Waals surface area contributed by atoms with Crippen molar-refractivity contribution in [3.8, 4) is 0 Å². The summed E-state index contributed by atoms with van der Waals surface area (Å²) in [6, 6.07) is 0. The van der Waals surface area contributed by atoms with Gasteiger partial charge in [0.1, 0.15) is 6.61 Å². The van der Waals surface area contributed by atoms with Gasteiger partial charge in [-0.05, 0) is 32.4 Å². The van der Waals surface area contributed by atoms with Crippen molar-refractivity contribution in [1.82, 2.24) is 5.32 Å². The Morgan fingerprint density at radius 2 is 2.00 bits per heavy atom. The monoisotopic (exact) mass is 213 g/mol. The molecule has 1 N–H and O–H groups in total. The Bertz CT molecular complexity index is 139. The van der Waals surface area contributed by atoms with Crippen LogP contribution in [-0.4, -0.2) is 33.0 Å². The summed E-state index contributed by atoms with van der Waals surface area (Å²) < 4.78 is 39.4. The third kappa shape index (κ3) is 9.80. The maximum atomic E-state index is 11.6. The second-order valence-electron chi connectivity index (χ2n) is 3.47. The van der Waals surface area contributed by atoms with Crippen molar-refractivity contribution in [3.63, 3.8) is 0 Å². The van der Waals surface area contributed by atoms with Crippen LogP contribution in [0.25, 0.3) is 0 Å². The van der Waals surface area contributed by atoms with Crippen LogP contribution in [0.2, 0.25) is 0 Å². The van der Waals surface area contributed by atoms with Gasteiger partial charge in [0.25, 0.3) is 0 Å². The molecule has 0 rings (SSSR count). The van der Waals surface area contributed by atoms with Gasteiger partial charge in [0.05, 0.1) is 0 Å². The van der Waals surface area contributed by atoms with Gasteiger partial charge in [0.2, 0.25) is 0 Å². The Balaban J connectivity index is 3.21. The Morgan fingerprint density at radius 1 is 1.36 bits per heavy atom. The summed E-state index contributed by atoms with van der Waals surface area (Å²) in [4.78, 5) is 0. The predicted octanol–water partition coefficient (Wildman–Crippen LogP) is 2.20. The molecule has 0 bridgehead atoms. The lowest BCUT2D eigenvalue weighted by molar-refractivity contribution is -0.174. The SMILES string of the molecule is CNCC(C)CCCOCC(F)(F)F. The summed E-state index contributed by atoms with van der Waals surface area (Å²) in [7, 11) is 1.86. The molecule has 0 aromatic carbocycles. The number of ether oxygens (including phenoxy) is 1. The van der Waals surface area contributed by atoms with Crippen molar-refractivity contribution in [2.24, 2.45) is 5.92 Å². The molecule has 0 aliphatic carbocycles. The number of hydrogen-bond acceptors (Lipinski definition) is 2. The van der Waals surface area contributed by atoms with E-state index in [9.17, 15) is 13.2 Å². The molecule has 0 saturated heterocycles. The van der Waals surface area contributed by atoms with Gasteiger partial charge >= 0.3 is 6.18 Å². The summed E-state index contributed by atoms with van der Waals surface area (Å²) in [6.07, 6.45) is -2.63. The first-order chi connectivity index (χ1) is 6.45. The van der Waals surface area contributed by atoms with E-state index in [2.05, 4.69) is 17.0 Å². The number of alkyl halides is 3. The van der Waals surface area contributed by atoms with Gasteiger partial charge in [0.15, 0.2) is 0 Å². The van der Waals surface area contributed by atoms with Crippen LogP contribution >= 0.6 is 0 Å². The highest BCUT2D eigenvalue weighted by Gasteiger charge is 2.27. The third-order valence-electron chi connectivity index (χ3n) is 1.80. The summed E-state index contributed by atoms with van der Waals surface area (Å²) in [5.41, 5.74) is 0. The molecule has 14 heavy (non-hydrogen) atoms. The van der Waals surface area contributed by atoms with Gasteiger partial charge in [-0.25, -0.2) is 0 Å². The molecule has 86 valence electrons. The van der Waals surface area contributed by atoms with Crippen LogP contribution in [0.1, 0.15) is 19.8 Å². The molecule has 1 unspecified atom stereocenters. The summed E-state index contributed by atoms with van der Waals surface area (Å²) in [6.45, 7) is 2.00. The molecule has 0 aliphatic rings. The zero-order chi connectivity index (χ0) is 11.0. The van der Waals surface area contributed by atoms with Crippen LogP contribution in [0.4, 0.5) is 13.2 Å². The highest BCUT2D eigenvalue weighted by atomic mass is 19.4. The molecule has 0 spiro atoms. The van der Waals surface area contributed by atoms with Crippen molar-refractivity contribution in [2.75, 3.05) is 26.8 Å². The molecule has 2 nitrogen and oxygen atoms in total. The fourth-order valence-electron chi connectivity index (χ4n) is 1.17. The first-order valence-corrected chi connectivity index (χ1v) is 4.75. The van der Waals surface area contributed by atoms with Gasteiger partial charge in [-0.15, -0.1) is 0 Å². The highest BCUT2D eigenvalue weighted by molar-refractivity contribution is 4.55. The van der Waals surface area contributed by atoms with Gasteiger partial charge in [0, 0.05) is 6.61 Å². The summed E-state index contributed by atoms with van der Waals surface area (Å²) in [5, 5.41) is 3.01. The van der Waals surface area contributed by atoms with Crippen LogP contribution in [0.5, 0.6) is 0 Å². The van der Waals surface area contributed by atoms with E-state index >= 15 is 0 Å². The molecule has 0 amide bonds. The van der Waals surface area contributed by atoms with Gasteiger partial charge in [-0.2, -0.15) is 13.2 Å². The second kappa shape index (κ2) is 7.06. The molecule has 0 radical (unpaired) electrons. The molecule has 1 atom stereocenters. The second-order valence-corrected chi connectivity index (χ2v) is 3.47. The molecular formula is C9H18F3NO. The van der Waals surface area contributed by atoms with E-state index in [1.54, 1.807) is 0 Å². The number of hydrogen-bond donors (Lipinski definition) is 1. The van der Waals surface area contributed by atoms with Gasteiger partial charge in [-0.1, -0.05) is 6.92 Å². The van der Waals surface area contributed by atoms with Crippen LogP contribution in [0, 0.1) is 5.92 Å². The topological polar surface area (TPSA) is 21.3 Å². The number of rotatable bonds is 7. The summed E-state index contributed by atoms with van der Waals surface area (Å²) >= 11 is 0. The quantitative estimate of drug-likeness (QED) is 0.655. The standard InChI is InChI=1S/C9H18F3NO/c1-8(6-13-2)4-3-5-14-7-9(10,11)12/h8,13H,3-7H2,1-2H3. The molecule has 0 aliphatic heterocycles. The molecule has 0 aromatic heterocycles. The summed E-state index contributed by atoms with van der Waals surface area (Å²) in [5.74, 6) is 0.481. The fourth-order valence-corrected chi connectivity index (χ4v) is 1.17. The van der Waals surface area contributed by atoms with E-state index in [-0.39, 0.29) is 6.61 Å². The van der Waals surface area contributed by atoms with Crippen molar-refractivity contribution in [1.29, 1.82) is 0 Å². The van der Waals surface area contributed by atoms with E-state index in [0.717, 1.165) is 13.0 Å². The molecule has 0 saturated carbocycles. The number of halogens is 3. The lowest BCUT2D eigenvalue weighted by atomic mass is 10.1. The molecule has 5 heteroatoms. The van der Waals surface area contributed by atoms with Crippen LogP contribution < -0.4 is 5.32 Å². The fraction of sp³-hybridized carbons (Fsp3) is 1.00. The Labute approximate surface area is 82.8 Å². The Kier molecular flexibility index (Phi) is 6.92. The van der Waals surface area contributed by atoms with E-state index < -0.39 is 12.8 Å². The minimum atomic E-state index is -4.20. The minimum absolute atomic E-state index is 0.188. The van der Waals surface area contributed by atoms with Crippen molar-refractivity contribution < 1.29 is 17.9 Å². The molecule has 0 fully saturated rings. The third-order valence-corrected chi connectivity index (χ3v) is 1.80. The van der Waals surface area contributed by atoms with Crippen LogP contribution in [-0.2, 0) is 4.74 Å². The largest absolute Gasteiger partial charge is 0.411 e. The maximum Gasteiger partial charge on any atom is 0.411 e. The minimum Gasteiger partial charge on any atom is -0.372 e. The van der Waals surface area contributed by atoms with Crippen LogP contribution in [0.3, 0.4) is 0 Å². The molecule has 0 aromatic rings. The lowest BCUT2D eigenvalue weighted by Crippen LogP contribution is -2.19. The van der Waals surface area contributed by atoms with E-state index in [1.807, 2.05) is 7.05 Å². The van der Waals surface area contributed by atoms with E-state index in [4.69, 9.17) is 0 Å². The average Bonchev–Trinajstić information content (AvgIpc) is 2.02. The van der Waals surface area contributed by atoms with Crippen molar-refractivity contribution in [3.05, 3.63) is 0 Å². The average molecular weight is 213 g/mol. The van der Waals surface area contributed by atoms with E-state index in [0.29, 0.717) is 12.3 Å². The normalized spacial score (nSPS) is 14.4. The van der Waals surface area contributed by atoms with Gasteiger partial charge in [-0.3, -0.25) is 0 Å². The molecule has 0 heterocycles. The highest BCUT2D eigenvalue weighted by Crippen LogP contribution is 2.14. The van der Waals surface area contributed by atoms with Gasteiger partial charge < -0.3 is 10.1 Å². The maximum absolute atomic E-state index is 11.6. The molecular weight excluding hydrogens is 195 g/mol. The first kappa shape index (κ1) is 13.7. The zero-order valence-corrected chi connectivity index (χ0v) is 8.66. The smallest absolute Gasteiger partial charge is 0.372 e. The zero-order valence-electron chi connectivity index (χ0n) is 8.66. The van der Waals surface area contributed by atoms with Crippen molar-refractivity contribution >= 4 is 0 Å². The van der Waals surface area contributed by atoms with Crippen molar-refractivity contribution in [2.45, 2.75) is 25.9 Å². The first-order valence-electron chi connectivity index (χ1n) is 4.75.